The number of epoxide rings is 1. The number of carboxylic acids is 1. The van der Waals surface area contributed by atoms with Crippen LogP contribution in [0.3, 0.4) is 0 Å². The molecule has 9 heteroatoms. The Bertz CT molecular complexity index is 1340. The number of nitrogens with zero attached hydrogens (tertiary/aromatic N) is 2. The molecule has 0 aliphatic carbocycles. The van der Waals surface area contributed by atoms with Crippen LogP contribution in [-0.4, -0.2) is 40.1 Å². The van der Waals surface area contributed by atoms with Crippen LogP contribution >= 0.6 is 11.3 Å². The quantitative estimate of drug-likeness (QED) is 0.393. The van der Waals surface area contributed by atoms with E-state index in [0.717, 1.165) is 15.8 Å². The maximum absolute atomic E-state index is 13.0. The highest BCUT2D eigenvalue weighted by Gasteiger charge is 2.52. The fraction of sp³-hybridized carbons (Fsp3) is 0.120. The molecule has 8 nitrogen and oxygen atoms in total. The van der Waals surface area contributed by atoms with Crippen molar-refractivity contribution < 1.29 is 24.2 Å². The van der Waals surface area contributed by atoms with Crippen molar-refractivity contribution in [1.29, 1.82) is 0 Å². The first-order chi connectivity index (χ1) is 16.5. The molecule has 2 N–H and O–H groups in total. The van der Waals surface area contributed by atoms with Crippen LogP contribution < -0.4 is 10.2 Å². The maximum Gasteiger partial charge on any atom is 0.336 e. The third-order valence-corrected chi connectivity index (χ3v) is 6.34. The number of carboxylic acid groups (broad SMARTS) is 1. The number of para-hydroxylation sites is 1. The largest absolute Gasteiger partial charge is 0.479 e. The van der Waals surface area contributed by atoms with Crippen LogP contribution in [0, 0.1) is 0 Å². The van der Waals surface area contributed by atoms with Gasteiger partial charge in [0.2, 0.25) is 0 Å². The predicted molar refractivity (Wildman–Crippen MR) is 128 cm³/mol. The molecule has 2 atom stereocenters. The number of hydrogen-bond donors (Lipinski definition) is 2. The summed E-state index contributed by atoms with van der Waals surface area (Å²) in [7, 11) is 0. The summed E-state index contributed by atoms with van der Waals surface area (Å²) in [4.78, 5) is 42.8. The van der Waals surface area contributed by atoms with E-state index in [1.165, 1.54) is 16.2 Å². The van der Waals surface area contributed by atoms with Gasteiger partial charge in [0.1, 0.15) is 0 Å². The van der Waals surface area contributed by atoms with Gasteiger partial charge in [-0.1, -0.05) is 53.8 Å². The van der Waals surface area contributed by atoms with Crippen LogP contribution in [0.4, 0.5) is 10.8 Å². The first-order valence-electron chi connectivity index (χ1n) is 10.5. The zero-order valence-electron chi connectivity index (χ0n) is 17.8. The van der Waals surface area contributed by atoms with Crippen LogP contribution in [0.15, 0.2) is 78.9 Å². The average Bonchev–Trinajstić information content (AvgIpc) is 3.56. The Labute approximate surface area is 198 Å². The van der Waals surface area contributed by atoms with Gasteiger partial charge in [0.05, 0.1) is 16.8 Å². The third kappa shape index (κ3) is 4.52. The summed E-state index contributed by atoms with van der Waals surface area (Å²) in [5, 5.41) is 12.4. The smallest absolute Gasteiger partial charge is 0.336 e. The summed E-state index contributed by atoms with van der Waals surface area (Å²) >= 11 is 1.39. The van der Waals surface area contributed by atoms with Crippen LogP contribution in [0.1, 0.15) is 15.9 Å². The van der Waals surface area contributed by atoms with Gasteiger partial charge in [0.15, 0.2) is 17.3 Å². The molecule has 1 aliphatic heterocycles. The Morgan fingerprint density at radius 3 is 2.32 bits per heavy atom. The van der Waals surface area contributed by atoms with E-state index < -0.39 is 24.1 Å². The Morgan fingerprint density at radius 1 is 0.941 bits per heavy atom. The Hall–Kier alpha value is -4.08. The van der Waals surface area contributed by atoms with E-state index in [1.54, 1.807) is 24.3 Å². The zero-order chi connectivity index (χ0) is 23.7. The van der Waals surface area contributed by atoms with Crippen molar-refractivity contribution >= 4 is 50.2 Å². The number of thiazole rings is 1. The highest BCUT2D eigenvalue weighted by atomic mass is 32.1. The number of benzene rings is 3. The monoisotopic (exact) mass is 473 g/mol. The molecule has 1 fully saturated rings. The number of amides is 2. The van der Waals surface area contributed by atoms with E-state index in [0.29, 0.717) is 16.4 Å². The molecular weight excluding hydrogens is 454 g/mol. The van der Waals surface area contributed by atoms with Gasteiger partial charge in [-0.15, -0.1) is 0 Å². The number of hydrogen-bond acceptors (Lipinski definition) is 6. The number of carbonyl (C=O) groups excluding carboxylic acids is 2. The molecule has 0 bridgehead atoms. The molecule has 0 radical (unpaired) electrons. The van der Waals surface area contributed by atoms with Crippen molar-refractivity contribution in [2.75, 3.05) is 10.2 Å². The highest BCUT2D eigenvalue weighted by Crippen LogP contribution is 2.29. The normalized spacial score (nSPS) is 16.7. The standard InChI is InChI=1S/C25H19N3O5S/c29-22(27-25-26-18-8-4-5-9-19(18)34-25)16-10-12-17(13-11-16)28(14-15-6-2-1-3-7-15)23(30)20-21(33-20)24(31)32/h1-13,20-21H,14H2,(H,31,32)(H,26,27,29)/t20-,21-/m0/s1. The lowest BCUT2D eigenvalue weighted by Crippen LogP contribution is -2.35. The van der Waals surface area contributed by atoms with Crippen molar-refractivity contribution in [2.45, 2.75) is 18.8 Å². The lowest BCUT2D eigenvalue weighted by Gasteiger charge is -2.22. The van der Waals surface area contributed by atoms with Gasteiger partial charge >= 0.3 is 5.97 Å². The van der Waals surface area contributed by atoms with Gasteiger partial charge in [0.25, 0.3) is 11.8 Å². The van der Waals surface area contributed by atoms with Gasteiger partial charge in [-0.2, -0.15) is 0 Å². The molecule has 1 aromatic heterocycles. The van der Waals surface area contributed by atoms with Crippen LogP contribution in [0.2, 0.25) is 0 Å². The van der Waals surface area contributed by atoms with E-state index in [-0.39, 0.29) is 12.5 Å². The fourth-order valence-corrected chi connectivity index (χ4v) is 4.45. The summed E-state index contributed by atoms with van der Waals surface area (Å²) < 4.78 is 6.05. The number of aliphatic carboxylic acids is 1. The van der Waals surface area contributed by atoms with E-state index in [9.17, 15) is 14.4 Å². The first-order valence-corrected chi connectivity index (χ1v) is 11.3. The molecule has 170 valence electrons. The molecular formula is C25H19N3O5S. The van der Waals surface area contributed by atoms with Crippen molar-refractivity contribution in [2.24, 2.45) is 0 Å². The Balaban J connectivity index is 1.35. The average molecular weight is 474 g/mol. The molecule has 1 saturated heterocycles. The molecule has 2 amide bonds. The molecule has 0 unspecified atom stereocenters. The molecule has 5 rings (SSSR count). The van der Waals surface area contributed by atoms with Crippen molar-refractivity contribution in [3.63, 3.8) is 0 Å². The van der Waals surface area contributed by atoms with Crippen LogP contribution in [0.25, 0.3) is 10.2 Å². The SMILES string of the molecule is O=C(Nc1nc2ccccc2s1)c1ccc(N(Cc2ccccc2)C(=O)[C@H]2O[C@@H]2C(=O)O)cc1. The van der Waals surface area contributed by atoms with Crippen molar-refractivity contribution in [3.05, 3.63) is 90.0 Å². The highest BCUT2D eigenvalue weighted by molar-refractivity contribution is 7.22. The summed E-state index contributed by atoms with van der Waals surface area (Å²) in [6.07, 6.45) is -2.16. The van der Waals surface area contributed by atoms with Gasteiger partial charge < -0.3 is 14.7 Å². The molecule has 0 spiro atoms. The number of rotatable bonds is 7. The second-order valence-corrected chi connectivity index (χ2v) is 8.74. The van der Waals surface area contributed by atoms with Gasteiger partial charge in [0, 0.05) is 11.3 Å². The van der Waals surface area contributed by atoms with Gasteiger partial charge in [-0.05, 0) is 42.0 Å². The fourth-order valence-electron chi connectivity index (χ4n) is 3.59. The van der Waals surface area contributed by atoms with E-state index in [2.05, 4.69) is 10.3 Å². The van der Waals surface area contributed by atoms with Crippen molar-refractivity contribution in [3.8, 4) is 0 Å². The first kappa shape index (κ1) is 21.7. The predicted octanol–water partition coefficient (Wildman–Crippen LogP) is 3.93. The number of ether oxygens (including phenoxy) is 1. The van der Waals surface area contributed by atoms with E-state index in [4.69, 9.17) is 9.84 Å². The Kier molecular flexibility index (Phi) is 5.79. The molecule has 2 heterocycles. The van der Waals surface area contributed by atoms with Crippen LogP contribution in [0.5, 0.6) is 0 Å². The summed E-state index contributed by atoms with van der Waals surface area (Å²) in [5.41, 5.74) is 2.63. The molecule has 0 saturated carbocycles. The topological polar surface area (TPSA) is 112 Å². The molecule has 34 heavy (non-hydrogen) atoms. The van der Waals surface area contributed by atoms with Gasteiger partial charge in [-0.3, -0.25) is 14.9 Å². The minimum Gasteiger partial charge on any atom is -0.479 e. The zero-order valence-corrected chi connectivity index (χ0v) is 18.6. The maximum atomic E-state index is 13.0. The lowest BCUT2D eigenvalue weighted by molar-refractivity contribution is -0.138. The minimum atomic E-state index is -1.17. The molecule has 3 aromatic carbocycles. The van der Waals surface area contributed by atoms with Gasteiger partial charge in [-0.25, -0.2) is 9.78 Å². The number of carbonyl (C=O) groups is 3. The van der Waals surface area contributed by atoms with E-state index >= 15 is 0 Å². The summed E-state index contributed by atoms with van der Waals surface area (Å²) in [6.45, 7) is 0.239. The molecule has 1 aliphatic rings. The summed E-state index contributed by atoms with van der Waals surface area (Å²) in [5.74, 6) is -1.93. The van der Waals surface area contributed by atoms with Crippen LogP contribution in [-0.2, 0) is 20.9 Å². The summed E-state index contributed by atoms with van der Waals surface area (Å²) in [6, 6.07) is 23.5. The Morgan fingerprint density at radius 2 is 1.65 bits per heavy atom. The number of fused-ring (bicyclic) bond motifs is 1. The second kappa shape index (κ2) is 9.05. The second-order valence-electron chi connectivity index (χ2n) is 7.71. The number of aromatic nitrogens is 1. The minimum absolute atomic E-state index is 0.239. The molecule has 4 aromatic rings. The number of nitrogens with one attached hydrogen (secondary N) is 1. The third-order valence-electron chi connectivity index (χ3n) is 5.38. The lowest BCUT2D eigenvalue weighted by atomic mass is 10.1. The number of anilines is 2. The van der Waals surface area contributed by atoms with Crippen molar-refractivity contribution in [1.82, 2.24) is 4.98 Å². The van der Waals surface area contributed by atoms with E-state index in [1.807, 2.05) is 54.6 Å².